The van der Waals surface area contributed by atoms with Crippen molar-refractivity contribution in [2.24, 2.45) is 16.3 Å². The molecule has 2 aliphatic rings. The smallest absolute Gasteiger partial charge is 0.193 e. The number of likely N-dealkylation sites (tertiary alicyclic amines) is 1. The third-order valence-corrected chi connectivity index (χ3v) is 4.86. The average Bonchev–Trinajstić information content (AvgIpc) is 3.00. The average molecular weight is 265 g/mol. The summed E-state index contributed by atoms with van der Waals surface area (Å²) in [4.78, 5) is 6.96. The van der Waals surface area contributed by atoms with E-state index in [4.69, 9.17) is 0 Å². The molecule has 0 aromatic carbocycles. The Labute approximate surface area is 118 Å². The maximum absolute atomic E-state index is 4.47. The lowest BCUT2D eigenvalue weighted by Gasteiger charge is -2.26. The van der Waals surface area contributed by atoms with Crippen molar-refractivity contribution in [3.8, 4) is 0 Å². The van der Waals surface area contributed by atoms with Crippen molar-refractivity contribution in [2.45, 2.75) is 58.8 Å². The second-order valence-electron chi connectivity index (χ2n) is 6.89. The lowest BCUT2D eigenvalue weighted by Crippen LogP contribution is -2.41. The molecule has 0 aromatic rings. The third kappa shape index (κ3) is 3.87. The second kappa shape index (κ2) is 6.62. The van der Waals surface area contributed by atoms with E-state index in [0.717, 1.165) is 18.4 Å². The predicted molar refractivity (Wildman–Crippen MR) is 82.5 cm³/mol. The summed E-state index contributed by atoms with van der Waals surface area (Å²) in [6.07, 6.45) is 9.67. The SMILES string of the molecule is CN=C(NCCCC(C)C)N1CCC2(CCCC2)C1. The Morgan fingerprint density at radius 3 is 2.63 bits per heavy atom. The van der Waals surface area contributed by atoms with Crippen LogP contribution in [0.3, 0.4) is 0 Å². The van der Waals surface area contributed by atoms with Gasteiger partial charge in [-0.05, 0) is 43.4 Å². The number of aliphatic imine (C=N–C) groups is 1. The maximum atomic E-state index is 4.47. The van der Waals surface area contributed by atoms with Crippen molar-refractivity contribution in [2.75, 3.05) is 26.7 Å². The Morgan fingerprint density at radius 1 is 1.26 bits per heavy atom. The van der Waals surface area contributed by atoms with E-state index in [9.17, 15) is 0 Å². The van der Waals surface area contributed by atoms with Crippen LogP contribution >= 0.6 is 0 Å². The molecule has 1 aliphatic carbocycles. The van der Waals surface area contributed by atoms with Crippen LogP contribution in [0.2, 0.25) is 0 Å². The van der Waals surface area contributed by atoms with Crippen LogP contribution in [-0.4, -0.2) is 37.5 Å². The lowest BCUT2D eigenvalue weighted by molar-refractivity contribution is 0.309. The number of rotatable bonds is 4. The molecule has 1 saturated carbocycles. The normalized spacial score (nSPS) is 22.7. The van der Waals surface area contributed by atoms with Gasteiger partial charge in [-0.1, -0.05) is 26.7 Å². The quantitative estimate of drug-likeness (QED) is 0.480. The number of nitrogens with zero attached hydrogens (tertiary/aromatic N) is 2. The van der Waals surface area contributed by atoms with Gasteiger partial charge in [0, 0.05) is 26.7 Å². The minimum atomic E-state index is 0.634. The van der Waals surface area contributed by atoms with E-state index in [-0.39, 0.29) is 0 Å². The first-order chi connectivity index (χ1) is 9.15. The van der Waals surface area contributed by atoms with Crippen molar-refractivity contribution in [1.82, 2.24) is 10.2 Å². The number of nitrogens with one attached hydrogen (secondary N) is 1. The summed E-state index contributed by atoms with van der Waals surface area (Å²) < 4.78 is 0. The summed E-state index contributed by atoms with van der Waals surface area (Å²) in [5, 5.41) is 3.55. The van der Waals surface area contributed by atoms with Crippen LogP contribution < -0.4 is 5.32 Å². The van der Waals surface area contributed by atoms with E-state index in [1.165, 1.54) is 58.0 Å². The van der Waals surface area contributed by atoms with Gasteiger partial charge < -0.3 is 10.2 Å². The van der Waals surface area contributed by atoms with Crippen LogP contribution in [0.5, 0.6) is 0 Å². The van der Waals surface area contributed by atoms with Gasteiger partial charge in [0.25, 0.3) is 0 Å². The van der Waals surface area contributed by atoms with Gasteiger partial charge in [-0.2, -0.15) is 0 Å². The molecule has 0 bridgehead atoms. The van der Waals surface area contributed by atoms with E-state index in [0.29, 0.717) is 5.41 Å². The van der Waals surface area contributed by atoms with Gasteiger partial charge in [-0.25, -0.2) is 0 Å². The third-order valence-electron chi connectivity index (χ3n) is 4.86. The fourth-order valence-electron chi connectivity index (χ4n) is 3.69. The molecule has 0 unspecified atom stereocenters. The number of hydrogen-bond acceptors (Lipinski definition) is 1. The Kier molecular flexibility index (Phi) is 5.12. The van der Waals surface area contributed by atoms with E-state index in [1.54, 1.807) is 0 Å². The molecule has 19 heavy (non-hydrogen) atoms. The van der Waals surface area contributed by atoms with E-state index >= 15 is 0 Å². The van der Waals surface area contributed by atoms with Gasteiger partial charge in [-0.3, -0.25) is 4.99 Å². The molecule has 0 radical (unpaired) electrons. The topological polar surface area (TPSA) is 27.6 Å². The Balaban J connectivity index is 1.76. The number of guanidine groups is 1. The Hall–Kier alpha value is -0.730. The van der Waals surface area contributed by atoms with Crippen molar-refractivity contribution in [3.63, 3.8) is 0 Å². The highest BCUT2D eigenvalue weighted by atomic mass is 15.3. The maximum Gasteiger partial charge on any atom is 0.193 e. The van der Waals surface area contributed by atoms with Gasteiger partial charge in [-0.15, -0.1) is 0 Å². The number of hydrogen-bond donors (Lipinski definition) is 1. The van der Waals surface area contributed by atoms with Gasteiger partial charge in [0.1, 0.15) is 0 Å². The minimum Gasteiger partial charge on any atom is -0.356 e. The fraction of sp³-hybridized carbons (Fsp3) is 0.938. The van der Waals surface area contributed by atoms with Crippen LogP contribution in [-0.2, 0) is 0 Å². The van der Waals surface area contributed by atoms with Crippen LogP contribution in [0.15, 0.2) is 4.99 Å². The van der Waals surface area contributed by atoms with Crippen LogP contribution in [0.25, 0.3) is 0 Å². The molecule has 0 atom stereocenters. The van der Waals surface area contributed by atoms with Crippen molar-refractivity contribution in [1.29, 1.82) is 0 Å². The summed E-state index contributed by atoms with van der Waals surface area (Å²) in [6.45, 7) is 8.08. The van der Waals surface area contributed by atoms with Crippen molar-refractivity contribution in [3.05, 3.63) is 0 Å². The molecule has 1 N–H and O–H groups in total. The van der Waals surface area contributed by atoms with Gasteiger partial charge >= 0.3 is 0 Å². The molecule has 1 aliphatic heterocycles. The zero-order valence-corrected chi connectivity index (χ0v) is 13.0. The first kappa shape index (κ1) is 14.7. The molecule has 1 spiro atoms. The molecule has 3 nitrogen and oxygen atoms in total. The molecule has 1 heterocycles. The second-order valence-corrected chi connectivity index (χ2v) is 6.89. The summed E-state index contributed by atoms with van der Waals surface area (Å²) in [6, 6.07) is 0. The summed E-state index contributed by atoms with van der Waals surface area (Å²) in [5.41, 5.74) is 0.634. The monoisotopic (exact) mass is 265 g/mol. The van der Waals surface area contributed by atoms with Gasteiger partial charge in [0.15, 0.2) is 5.96 Å². The lowest BCUT2D eigenvalue weighted by atomic mass is 9.86. The van der Waals surface area contributed by atoms with E-state index in [2.05, 4.69) is 29.1 Å². The molecule has 1 saturated heterocycles. The standard InChI is InChI=1S/C16H31N3/c1-14(2)7-6-11-18-15(17-3)19-12-10-16(13-19)8-4-5-9-16/h14H,4-13H2,1-3H3,(H,17,18). The molecular formula is C16H31N3. The predicted octanol–water partition coefficient (Wildman–Crippen LogP) is 3.26. The van der Waals surface area contributed by atoms with Gasteiger partial charge in [0.2, 0.25) is 0 Å². The molecule has 2 rings (SSSR count). The van der Waals surface area contributed by atoms with Crippen molar-refractivity contribution >= 4 is 5.96 Å². The van der Waals surface area contributed by atoms with E-state index < -0.39 is 0 Å². The summed E-state index contributed by atoms with van der Waals surface area (Å²) >= 11 is 0. The highest BCUT2D eigenvalue weighted by molar-refractivity contribution is 5.80. The summed E-state index contributed by atoms with van der Waals surface area (Å²) in [7, 11) is 1.92. The molecule has 0 aromatic heterocycles. The Bertz CT molecular complexity index is 303. The first-order valence-corrected chi connectivity index (χ1v) is 8.11. The Morgan fingerprint density at radius 2 is 2.00 bits per heavy atom. The molecule has 110 valence electrons. The van der Waals surface area contributed by atoms with Gasteiger partial charge in [0.05, 0.1) is 0 Å². The largest absolute Gasteiger partial charge is 0.356 e. The van der Waals surface area contributed by atoms with E-state index in [1.807, 2.05) is 7.05 Å². The molecule has 0 amide bonds. The van der Waals surface area contributed by atoms with Crippen molar-refractivity contribution < 1.29 is 0 Å². The molecule has 3 heteroatoms. The first-order valence-electron chi connectivity index (χ1n) is 8.11. The van der Waals surface area contributed by atoms with Crippen LogP contribution in [0, 0.1) is 11.3 Å². The summed E-state index contributed by atoms with van der Waals surface area (Å²) in [5.74, 6) is 1.94. The highest BCUT2D eigenvalue weighted by Crippen LogP contribution is 2.45. The van der Waals surface area contributed by atoms with Crippen LogP contribution in [0.1, 0.15) is 58.8 Å². The highest BCUT2D eigenvalue weighted by Gasteiger charge is 2.40. The zero-order valence-electron chi connectivity index (χ0n) is 13.0. The van der Waals surface area contributed by atoms with Crippen LogP contribution in [0.4, 0.5) is 0 Å². The fourth-order valence-corrected chi connectivity index (χ4v) is 3.69. The molecular weight excluding hydrogens is 234 g/mol. The molecule has 2 fully saturated rings. The zero-order chi connectivity index (χ0) is 13.7. The minimum absolute atomic E-state index is 0.634.